The number of carbonyl (C=O) groups excluding carboxylic acids is 2. The third kappa shape index (κ3) is 4.00. The molecule has 0 atom stereocenters. The van der Waals surface area contributed by atoms with Gasteiger partial charge in [0.15, 0.2) is 16.3 Å². The standard InChI is InChI=1S/C20H17FN2O5S/c1-2-26-18(24)6-7-23-14-9-15-16(28-11-27-15)10-17(14)29-20(23)22-19(25)12-4-3-5-13(21)8-12/h3-5,8-10H,2,6-7,11H2,1H3. The molecule has 29 heavy (non-hydrogen) atoms. The summed E-state index contributed by atoms with van der Waals surface area (Å²) in [5.74, 6) is -0.228. The van der Waals surface area contributed by atoms with Crippen LogP contribution in [0.5, 0.6) is 11.5 Å². The molecule has 0 saturated carbocycles. The molecule has 0 bridgehead atoms. The van der Waals surface area contributed by atoms with Crippen molar-refractivity contribution in [3.05, 3.63) is 52.6 Å². The number of fused-ring (bicyclic) bond motifs is 2. The summed E-state index contributed by atoms with van der Waals surface area (Å²) in [6.45, 7) is 2.45. The first-order valence-electron chi connectivity index (χ1n) is 8.98. The molecule has 2 heterocycles. The Balaban J connectivity index is 1.78. The number of amides is 1. The van der Waals surface area contributed by atoms with Gasteiger partial charge < -0.3 is 18.8 Å². The molecule has 0 saturated heterocycles. The molecule has 1 amide bonds. The minimum absolute atomic E-state index is 0.120. The minimum Gasteiger partial charge on any atom is -0.466 e. The van der Waals surface area contributed by atoms with Gasteiger partial charge in [-0.25, -0.2) is 4.39 Å². The lowest BCUT2D eigenvalue weighted by atomic mass is 10.2. The number of rotatable bonds is 5. The van der Waals surface area contributed by atoms with Gasteiger partial charge in [0.25, 0.3) is 5.91 Å². The molecule has 2 aromatic carbocycles. The van der Waals surface area contributed by atoms with E-state index in [0.717, 1.165) is 16.3 Å². The van der Waals surface area contributed by atoms with Crippen LogP contribution in [-0.4, -0.2) is 29.8 Å². The van der Waals surface area contributed by atoms with E-state index < -0.39 is 11.7 Å². The summed E-state index contributed by atoms with van der Waals surface area (Å²) >= 11 is 1.28. The highest BCUT2D eigenvalue weighted by Crippen LogP contribution is 2.37. The van der Waals surface area contributed by atoms with Crippen LogP contribution in [0.4, 0.5) is 4.39 Å². The van der Waals surface area contributed by atoms with Crippen molar-refractivity contribution < 1.29 is 28.2 Å². The second kappa shape index (κ2) is 8.04. The van der Waals surface area contributed by atoms with Crippen LogP contribution in [0.3, 0.4) is 0 Å². The van der Waals surface area contributed by atoms with Gasteiger partial charge in [-0.2, -0.15) is 4.99 Å². The van der Waals surface area contributed by atoms with Crippen molar-refractivity contribution in [3.63, 3.8) is 0 Å². The van der Waals surface area contributed by atoms with Crippen molar-refractivity contribution in [1.29, 1.82) is 0 Å². The van der Waals surface area contributed by atoms with E-state index in [-0.39, 0.29) is 31.3 Å². The molecule has 0 radical (unpaired) electrons. The van der Waals surface area contributed by atoms with Gasteiger partial charge in [-0.1, -0.05) is 17.4 Å². The molecule has 9 heteroatoms. The van der Waals surface area contributed by atoms with Gasteiger partial charge >= 0.3 is 5.97 Å². The number of halogens is 1. The number of nitrogens with zero attached hydrogens (tertiary/aromatic N) is 2. The second-order valence-corrected chi connectivity index (χ2v) is 7.20. The fourth-order valence-electron chi connectivity index (χ4n) is 2.97. The lowest BCUT2D eigenvalue weighted by Gasteiger charge is -2.06. The molecule has 0 fully saturated rings. The highest BCUT2D eigenvalue weighted by molar-refractivity contribution is 7.16. The molecule has 0 unspecified atom stereocenters. The van der Waals surface area contributed by atoms with Crippen LogP contribution >= 0.6 is 11.3 Å². The van der Waals surface area contributed by atoms with Crippen molar-refractivity contribution in [3.8, 4) is 11.5 Å². The Morgan fingerprint density at radius 3 is 2.79 bits per heavy atom. The van der Waals surface area contributed by atoms with Gasteiger partial charge in [-0.15, -0.1) is 0 Å². The van der Waals surface area contributed by atoms with Crippen LogP contribution in [0.15, 0.2) is 41.4 Å². The van der Waals surface area contributed by atoms with Crippen molar-refractivity contribution >= 4 is 33.4 Å². The molecule has 0 aliphatic carbocycles. The van der Waals surface area contributed by atoms with Crippen molar-refractivity contribution in [2.75, 3.05) is 13.4 Å². The van der Waals surface area contributed by atoms with E-state index >= 15 is 0 Å². The first-order chi connectivity index (χ1) is 14.0. The topological polar surface area (TPSA) is 79.1 Å². The minimum atomic E-state index is -0.569. The number of carbonyl (C=O) groups is 2. The van der Waals surface area contributed by atoms with Gasteiger partial charge in [0, 0.05) is 24.2 Å². The number of aromatic nitrogens is 1. The Morgan fingerprint density at radius 1 is 1.24 bits per heavy atom. The van der Waals surface area contributed by atoms with Crippen LogP contribution < -0.4 is 14.3 Å². The zero-order chi connectivity index (χ0) is 20.4. The van der Waals surface area contributed by atoms with E-state index in [9.17, 15) is 14.0 Å². The van der Waals surface area contributed by atoms with E-state index in [4.69, 9.17) is 14.2 Å². The summed E-state index contributed by atoms with van der Waals surface area (Å²) in [6.07, 6.45) is 0.120. The molecule has 1 aromatic heterocycles. The molecule has 0 spiro atoms. The molecule has 7 nitrogen and oxygen atoms in total. The van der Waals surface area contributed by atoms with Crippen LogP contribution in [0.1, 0.15) is 23.7 Å². The lowest BCUT2D eigenvalue weighted by molar-refractivity contribution is -0.143. The number of hydrogen-bond donors (Lipinski definition) is 0. The Kier molecular flexibility index (Phi) is 5.30. The number of esters is 1. The predicted octanol–water partition coefficient (Wildman–Crippen LogP) is 3.26. The molecule has 0 N–H and O–H groups in total. The summed E-state index contributed by atoms with van der Waals surface area (Å²) in [5, 5.41) is 0. The number of ether oxygens (including phenoxy) is 3. The Morgan fingerprint density at radius 2 is 2.03 bits per heavy atom. The summed E-state index contributed by atoms with van der Waals surface area (Å²) in [5.41, 5.74) is 0.905. The third-order valence-corrected chi connectivity index (χ3v) is 5.33. The summed E-state index contributed by atoms with van der Waals surface area (Å²) in [7, 11) is 0. The second-order valence-electron chi connectivity index (χ2n) is 6.19. The Labute approximate surface area is 169 Å². The molecular weight excluding hydrogens is 399 g/mol. The molecule has 4 rings (SSSR count). The predicted molar refractivity (Wildman–Crippen MR) is 103 cm³/mol. The van der Waals surface area contributed by atoms with E-state index in [1.165, 1.54) is 29.5 Å². The van der Waals surface area contributed by atoms with Crippen LogP contribution in [0.2, 0.25) is 0 Å². The zero-order valence-electron chi connectivity index (χ0n) is 15.5. The first kappa shape index (κ1) is 19.1. The van der Waals surface area contributed by atoms with Gasteiger partial charge in [0.1, 0.15) is 5.82 Å². The van der Waals surface area contributed by atoms with Crippen LogP contribution in [0.25, 0.3) is 10.2 Å². The highest BCUT2D eigenvalue weighted by Gasteiger charge is 2.19. The van der Waals surface area contributed by atoms with Crippen LogP contribution in [0, 0.1) is 5.82 Å². The number of aryl methyl sites for hydroxylation is 1. The smallest absolute Gasteiger partial charge is 0.307 e. The molecule has 1 aliphatic heterocycles. The quantitative estimate of drug-likeness (QED) is 0.597. The fourth-order valence-corrected chi connectivity index (χ4v) is 4.03. The van der Waals surface area contributed by atoms with Crippen molar-refractivity contribution in [1.82, 2.24) is 4.57 Å². The summed E-state index contributed by atoms with van der Waals surface area (Å²) < 4.78 is 31.9. The van der Waals surface area contributed by atoms with E-state index in [0.29, 0.717) is 22.9 Å². The van der Waals surface area contributed by atoms with Gasteiger partial charge in [-0.05, 0) is 25.1 Å². The maximum Gasteiger partial charge on any atom is 0.307 e. The van der Waals surface area contributed by atoms with Gasteiger partial charge in [-0.3, -0.25) is 9.59 Å². The highest BCUT2D eigenvalue weighted by atomic mass is 32.1. The normalized spacial score (nSPS) is 13.1. The van der Waals surface area contributed by atoms with Crippen LogP contribution in [-0.2, 0) is 16.1 Å². The van der Waals surface area contributed by atoms with E-state index in [1.807, 2.05) is 6.07 Å². The summed E-state index contributed by atoms with van der Waals surface area (Å²) in [6, 6.07) is 8.97. The van der Waals surface area contributed by atoms with Gasteiger partial charge in [0.2, 0.25) is 6.79 Å². The molecule has 3 aromatic rings. The van der Waals surface area contributed by atoms with E-state index in [2.05, 4.69) is 4.99 Å². The van der Waals surface area contributed by atoms with Crippen molar-refractivity contribution in [2.24, 2.45) is 4.99 Å². The molecule has 150 valence electrons. The average Bonchev–Trinajstić information content (AvgIpc) is 3.28. The zero-order valence-corrected chi connectivity index (χ0v) is 16.3. The number of thiazole rings is 1. The Hall–Kier alpha value is -3.20. The lowest BCUT2D eigenvalue weighted by Crippen LogP contribution is -2.19. The third-order valence-electron chi connectivity index (χ3n) is 4.29. The van der Waals surface area contributed by atoms with Gasteiger partial charge in [0.05, 0.1) is 23.2 Å². The van der Waals surface area contributed by atoms with Crippen molar-refractivity contribution in [2.45, 2.75) is 19.9 Å². The monoisotopic (exact) mass is 416 g/mol. The Bertz CT molecular complexity index is 1170. The summed E-state index contributed by atoms with van der Waals surface area (Å²) in [4.78, 5) is 29.0. The first-order valence-corrected chi connectivity index (χ1v) is 9.80. The maximum atomic E-state index is 13.5. The van der Waals surface area contributed by atoms with E-state index in [1.54, 1.807) is 17.6 Å². The average molecular weight is 416 g/mol. The SMILES string of the molecule is CCOC(=O)CCn1c(=NC(=O)c2cccc(F)c2)sc2cc3c(cc21)OCO3. The maximum absolute atomic E-state index is 13.5. The molecular formula is C20H17FN2O5S. The number of benzene rings is 2. The fraction of sp³-hybridized carbons (Fsp3) is 0.250. The largest absolute Gasteiger partial charge is 0.466 e. The molecule has 1 aliphatic rings. The number of hydrogen-bond acceptors (Lipinski definition) is 6.